The van der Waals surface area contributed by atoms with Gasteiger partial charge in [-0.2, -0.15) is 4.52 Å². The van der Waals surface area contributed by atoms with Gasteiger partial charge >= 0.3 is 0 Å². The molecular formula is C20H26N4O2S. The molecule has 0 saturated carbocycles. The molecule has 0 bridgehead atoms. The fourth-order valence-corrected chi connectivity index (χ4v) is 4.88. The molecule has 1 aliphatic rings. The van der Waals surface area contributed by atoms with E-state index in [-0.39, 0.29) is 11.9 Å². The standard InChI is InChI=1S/C20H26N4O2S/c1-4-16-21-20-24(22-16)19(25)18(27-20)17(23-10-8-13(2)9-11-23)14-6-5-7-15(12-14)26-3/h5-7,12-13,17,25H,4,8-11H2,1-3H3/t17-/m0/s1. The van der Waals surface area contributed by atoms with Crippen molar-refractivity contribution >= 4 is 16.3 Å². The van der Waals surface area contributed by atoms with Gasteiger partial charge < -0.3 is 9.84 Å². The Balaban J connectivity index is 1.79. The summed E-state index contributed by atoms with van der Waals surface area (Å²) in [5, 5.41) is 15.4. The monoisotopic (exact) mass is 386 g/mol. The SMILES string of the molecule is CCc1nc2sc([C@H](c3cccc(OC)c3)N3CCC(C)CC3)c(O)n2n1. The molecule has 144 valence electrons. The van der Waals surface area contributed by atoms with Crippen molar-refractivity contribution in [1.29, 1.82) is 0 Å². The van der Waals surface area contributed by atoms with Gasteiger partial charge in [0.1, 0.15) is 5.75 Å². The van der Waals surface area contributed by atoms with E-state index in [2.05, 4.69) is 34.0 Å². The molecule has 7 heteroatoms. The first-order valence-electron chi connectivity index (χ1n) is 9.56. The average molecular weight is 387 g/mol. The predicted octanol–water partition coefficient (Wildman–Crippen LogP) is 3.89. The topological polar surface area (TPSA) is 62.9 Å². The van der Waals surface area contributed by atoms with Crippen molar-refractivity contribution < 1.29 is 9.84 Å². The second-order valence-corrected chi connectivity index (χ2v) is 8.27. The number of aromatic hydroxyl groups is 1. The summed E-state index contributed by atoms with van der Waals surface area (Å²) in [4.78, 5) is 8.65. The van der Waals surface area contributed by atoms with E-state index in [0.29, 0.717) is 0 Å². The number of likely N-dealkylation sites (tertiary alicyclic amines) is 1. The second-order valence-electron chi connectivity index (χ2n) is 7.26. The maximum atomic E-state index is 11.0. The Morgan fingerprint density at radius 1 is 1.33 bits per heavy atom. The smallest absolute Gasteiger partial charge is 0.230 e. The summed E-state index contributed by atoms with van der Waals surface area (Å²) in [5.41, 5.74) is 1.12. The van der Waals surface area contributed by atoms with Gasteiger partial charge in [-0.1, -0.05) is 37.3 Å². The summed E-state index contributed by atoms with van der Waals surface area (Å²) in [6.45, 7) is 6.35. The van der Waals surface area contributed by atoms with Crippen molar-refractivity contribution in [3.63, 3.8) is 0 Å². The van der Waals surface area contributed by atoms with Crippen LogP contribution in [0.2, 0.25) is 0 Å². The summed E-state index contributed by atoms with van der Waals surface area (Å²) in [7, 11) is 1.68. The minimum Gasteiger partial charge on any atom is -0.497 e. The number of aromatic nitrogens is 3. The predicted molar refractivity (Wildman–Crippen MR) is 107 cm³/mol. The lowest BCUT2D eigenvalue weighted by atomic mass is 9.95. The van der Waals surface area contributed by atoms with Crippen LogP contribution in [0, 0.1) is 5.92 Å². The van der Waals surface area contributed by atoms with Gasteiger partial charge in [-0.05, 0) is 49.5 Å². The van der Waals surface area contributed by atoms with Crippen LogP contribution in [0.1, 0.15) is 49.0 Å². The maximum absolute atomic E-state index is 11.0. The number of hydrogen-bond acceptors (Lipinski definition) is 6. The van der Waals surface area contributed by atoms with Crippen molar-refractivity contribution in [2.24, 2.45) is 5.92 Å². The molecule has 1 fully saturated rings. The molecule has 1 saturated heterocycles. The van der Waals surface area contributed by atoms with Gasteiger partial charge in [-0.3, -0.25) is 4.90 Å². The number of benzene rings is 1. The minimum atomic E-state index is -0.0221. The molecule has 1 aromatic carbocycles. The van der Waals surface area contributed by atoms with E-state index in [1.54, 1.807) is 11.6 Å². The van der Waals surface area contributed by atoms with Crippen LogP contribution in [0.15, 0.2) is 24.3 Å². The Morgan fingerprint density at radius 3 is 2.78 bits per heavy atom. The summed E-state index contributed by atoms with van der Waals surface area (Å²) in [6, 6.07) is 8.12. The highest BCUT2D eigenvalue weighted by molar-refractivity contribution is 7.17. The molecule has 0 radical (unpaired) electrons. The van der Waals surface area contributed by atoms with E-state index in [1.807, 2.05) is 19.1 Å². The first-order valence-corrected chi connectivity index (χ1v) is 10.4. The van der Waals surface area contributed by atoms with E-state index in [4.69, 9.17) is 4.74 Å². The first kappa shape index (κ1) is 18.3. The Hall–Kier alpha value is -2.12. The summed E-state index contributed by atoms with van der Waals surface area (Å²) in [6.07, 6.45) is 3.09. The second kappa shape index (κ2) is 7.48. The van der Waals surface area contributed by atoms with Crippen LogP contribution in [-0.4, -0.2) is 44.8 Å². The number of fused-ring (bicyclic) bond motifs is 1. The van der Waals surface area contributed by atoms with Crippen LogP contribution in [0.3, 0.4) is 0 Å². The molecule has 1 aliphatic heterocycles. The highest BCUT2D eigenvalue weighted by Crippen LogP contribution is 2.41. The summed E-state index contributed by atoms with van der Waals surface area (Å²) in [5.74, 6) is 2.53. The van der Waals surface area contributed by atoms with Crippen molar-refractivity contribution in [1.82, 2.24) is 19.5 Å². The minimum absolute atomic E-state index is 0.0221. The van der Waals surface area contributed by atoms with Crippen molar-refractivity contribution in [2.45, 2.75) is 39.2 Å². The first-order chi connectivity index (χ1) is 13.1. The lowest BCUT2D eigenvalue weighted by molar-refractivity contribution is 0.157. The zero-order chi connectivity index (χ0) is 19.0. The molecule has 0 amide bonds. The third-order valence-electron chi connectivity index (χ3n) is 5.40. The van der Waals surface area contributed by atoms with Gasteiger partial charge in [0.05, 0.1) is 18.0 Å². The zero-order valence-corrected chi connectivity index (χ0v) is 16.9. The third kappa shape index (κ3) is 3.41. The van der Waals surface area contributed by atoms with Crippen molar-refractivity contribution in [2.75, 3.05) is 20.2 Å². The van der Waals surface area contributed by atoms with Gasteiger partial charge in [0.2, 0.25) is 10.8 Å². The molecule has 1 N–H and O–H groups in total. The molecule has 2 aromatic heterocycles. The fraction of sp³-hybridized carbons (Fsp3) is 0.500. The third-order valence-corrected chi connectivity index (χ3v) is 6.47. The quantitative estimate of drug-likeness (QED) is 0.721. The zero-order valence-electron chi connectivity index (χ0n) is 16.1. The molecule has 4 rings (SSSR count). The summed E-state index contributed by atoms with van der Waals surface area (Å²) < 4.78 is 7.02. The number of ether oxygens (including phenoxy) is 1. The van der Waals surface area contributed by atoms with Crippen LogP contribution >= 0.6 is 11.3 Å². The Bertz CT molecular complexity index is 927. The van der Waals surface area contributed by atoms with E-state index in [0.717, 1.165) is 52.4 Å². The normalized spacial score (nSPS) is 17.4. The molecule has 1 atom stereocenters. The van der Waals surface area contributed by atoms with Crippen LogP contribution < -0.4 is 4.74 Å². The van der Waals surface area contributed by atoms with Crippen LogP contribution in [0.25, 0.3) is 4.96 Å². The summed E-state index contributed by atoms with van der Waals surface area (Å²) >= 11 is 1.53. The van der Waals surface area contributed by atoms with Crippen molar-refractivity contribution in [3.05, 3.63) is 40.5 Å². The number of hydrogen-bond donors (Lipinski definition) is 1. The molecule has 0 spiro atoms. The average Bonchev–Trinajstić information content (AvgIpc) is 3.23. The van der Waals surface area contributed by atoms with E-state index in [1.165, 1.54) is 24.2 Å². The number of thiazole rings is 1. The number of methoxy groups -OCH3 is 1. The molecule has 6 nitrogen and oxygen atoms in total. The molecule has 0 aliphatic carbocycles. The highest BCUT2D eigenvalue weighted by atomic mass is 32.1. The van der Waals surface area contributed by atoms with Gasteiger partial charge in [-0.15, -0.1) is 5.10 Å². The molecule has 3 aromatic rings. The Morgan fingerprint density at radius 2 is 2.11 bits per heavy atom. The largest absolute Gasteiger partial charge is 0.497 e. The van der Waals surface area contributed by atoms with Gasteiger partial charge in [0, 0.05) is 6.42 Å². The number of rotatable bonds is 5. The molecule has 0 unspecified atom stereocenters. The van der Waals surface area contributed by atoms with Gasteiger partial charge in [0.25, 0.3) is 0 Å². The maximum Gasteiger partial charge on any atom is 0.230 e. The molecular weight excluding hydrogens is 360 g/mol. The fourth-order valence-electron chi connectivity index (χ4n) is 3.74. The van der Waals surface area contributed by atoms with Crippen LogP contribution in [-0.2, 0) is 6.42 Å². The van der Waals surface area contributed by atoms with E-state index >= 15 is 0 Å². The van der Waals surface area contributed by atoms with Crippen molar-refractivity contribution in [3.8, 4) is 11.6 Å². The highest BCUT2D eigenvalue weighted by Gasteiger charge is 2.31. The molecule has 3 heterocycles. The van der Waals surface area contributed by atoms with E-state index in [9.17, 15) is 5.11 Å². The Labute approximate surface area is 163 Å². The number of piperidine rings is 1. The number of nitrogens with zero attached hydrogens (tertiary/aromatic N) is 4. The van der Waals surface area contributed by atoms with Crippen LogP contribution in [0.4, 0.5) is 0 Å². The van der Waals surface area contributed by atoms with Gasteiger partial charge in [0.15, 0.2) is 5.82 Å². The van der Waals surface area contributed by atoms with Gasteiger partial charge in [-0.25, -0.2) is 4.98 Å². The molecule has 27 heavy (non-hydrogen) atoms. The Kier molecular flexibility index (Phi) is 5.06. The number of aryl methyl sites for hydroxylation is 1. The lowest BCUT2D eigenvalue weighted by Gasteiger charge is -2.36. The van der Waals surface area contributed by atoms with Crippen LogP contribution in [0.5, 0.6) is 11.6 Å². The lowest BCUT2D eigenvalue weighted by Crippen LogP contribution is -2.36. The van der Waals surface area contributed by atoms with E-state index < -0.39 is 0 Å².